The smallest absolute Gasteiger partial charge is 0.293 e. The van der Waals surface area contributed by atoms with E-state index in [1.165, 1.54) is 6.07 Å². The summed E-state index contributed by atoms with van der Waals surface area (Å²) in [5, 5.41) is 14.0. The van der Waals surface area contributed by atoms with Crippen LogP contribution in [0.5, 0.6) is 0 Å². The standard InChI is InChI=1S/C13H18IN3O3/c1-4-16(5-2)13(18)9(3)15-11-7-6-10(14)8-12(11)17(19)20/h6-9,15H,4-5H2,1-3H3. The Morgan fingerprint density at radius 2 is 2.05 bits per heavy atom. The molecule has 7 heteroatoms. The van der Waals surface area contributed by atoms with Gasteiger partial charge in [-0.3, -0.25) is 14.9 Å². The summed E-state index contributed by atoms with van der Waals surface area (Å²) in [6, 6.07) is 4.38. The first kappa shape index (κ1) is 16.7. The molecule has 110 valence electrons. The van der Waals surface area contributed by atoms with E-state index in [4.69, 9.17) is 0 Å². The van der Waals surface area contributed by atoms with Crippen molar-refractivity contribution < 1.29 is 9.72 Å². The summed E-state index contributed by atoms with van der Waals surface area (Å²) in [5.74, 6) is -0.0668. The van der Waals surface area contributed by atoms with Gasteiger partial charge < -0.3 is 10.2 Å². The summed E-state index contributed by atoms with van der Waals surface area (Å²) in [6.45, 7) is 6.76. The lowest BCUT2D eigenvalue weighted by Gasteiger charge is -2.24. The minimum absolute atomic E-state index is 0.0175. The number of benzene rings is 1. The number of halogens is 1. The first-order valence-electron chi connectivity index (χ1n) is 6.39. The van der Waals surface area contributed by atoms with Gasteiger partial charge >= 0.3 is 0 Å². The van der Waals surface area contributed by atoms with Crippen LogP contribution in [0.25, 0.3) is 0 Å². The van der Waals surface area contributed by atoms with Gasteiger partial charge in [-0.15, -0.1) is 0 Å². The van der Waals surface area contributed by atoms with Crippen molar-refractivity contribution in [3.8, 4) is 0 Å². The Hall–Kier alpha value is -1.38. The number of nitro benzene ring substituents is 1. The van der Waals surface area contributed by atoms with Gasteiger partial charge in [0, 0.05) is 22.7 Å². The van der Waals surface area contributed by atoms with Crippen LogP contribution >= 0.6 is 22.6 Å². The van der Waals surface area contributed by atoms with Crippen LogP contribution in [0.4, 0.5) is 11.4 Å². The van der Waals surface area contributed by atoms with Gasteiger partial charge in [-0.1, -0.05) is 0 Å². The van der Waals surface area contributed by atoms with Gasteiger partial charge in [0.1, 0.15) is 11.7 Å². The predicted molar refractivity (Wildman–Crippen MR) is 86.8 cm³/mol. The Balaban J connectivity index is 2.93. The Morgan fingerprint density at radius 1 is 1.45 bits per heavy atom. The lowest BCUT2D eigenvalue weighted by atomic mass is 10.2. The molecule has 1 amide bonds. The lowest BCUT2D eigenvalue weighted by Crippen LogP contribution is -2.41. The van der Waals surface area contributed by atoms with Gasteiger partial charge in [-0.25, -0.2) is 0 Å². The maximum absolute atomic E-state index is 12.1. The molecule has 0 aliphatic heterocycles. The van der Waals surface area contributed by atoms with Crippen LogP contribution in [-0.4, -0.2) is 34.9 Å². The molecule has 1 unspecified atom stereocenters. The van der Waals surface area contributed by atoms with Crippen LogP contribution in [0.3, 0.4) is 0 Å². The van der Waals surface area contributed by atoms with Gasteiger partial charge in [0.2, 0.25) is 5.91 Å². The summed E-state index contributed by atoms with van der Waals surface area (Å²) >= 11 is 2.02. The molecule has 1 atom stereocenters. The minimum Gasteiger partial charge on any atom is -0.368 e. The van der Waals surface area contributed by atoms with E-state index in [-0.39, 0.29) is 11.6 Å². The number of nitrogens with one attached hydrogen (secondary N) is 1. The average Bonchev–Trinajstić information content (AvgIpc) is 2.41. The number of amides is 1. The zero-order valence-electron chi connectivity index (χ0n) is 11.7. The average molecular weight is 391 g/mol. The molecule has 1 aromatic carbocycles. The maximum atomic E-state index is 12.1. The minimum atomic E-state index is -0.506. The van der Waals surface area contributed by atoms with Crippen LogP contribution in [0.15, 0.2) is 18.2 Å². The fourth-order valence-electron chi connectivity index (χ4n) is 1.88. The highest BCUT2D eigenvalue weighted by molar-refractivity contribution is 14.1. The zero-order chi connectivity index (χ0) is 15.3. The van der Waals surface area contributed by atoms with Crippen LogP contribution in [0.2, 0.25) is 0 Å². The van der Waals surface area contributed by atoms with Crippen molar-refractivity contribution in [2.45, 2.75) is 26.8 Å². The molecule has 0 bridgehead atoms. The van der Waals surface area contributed by atoms with Crippen LogP contribution in [0, 0.1) is 13.7 Å². The normalized spacial score (nSPS) is 11.8. The molecule has 20 heavy (non-hydrogen) atoms. The molecule has 0 radical (unpaired) electrons. The third-order valence-electron chi connectivity index (χ3n) is 2.97. The Labute approximate surface area is 131 Å². The predicted octanol–water partition coefficient (Wildman–Crippen LogP) is 2.87. The lowest BCUT2D eigenvalue weighted by molar-refractivity contribution is -0.384. The summed E-state index contributed by atoms with van der Waals surface area (Å²) < 4.78 is 0.780. The van der Waals surface area contributed by atoms with E-state index >= 15 is 0 Å². The van der Waals surface area contributed by atoms with E-state index in [1.807, 2.05) is 36.4 Å². The number of likely N-dealkylation sites (N-methyl/N-ethyl adjacent to an activating group) is 1. The number of nitro groups is 1. The van der Waals surface area contributed by atoms with Crippen molar-refractivity contribution in [2.75, 3.05) is 18.4 Å². The summed E-state index contributed by atoms with van der Waals surface area (Å²) in [7, 11) is 0. The van der Waals surface area contributed by atoms with Crippen molar-refractivity contribution in [3.05, 3.63) is 31.9 Å². The maximum Gasteiger partial charge on any atom is 0.293 e. The highest BCUT2D eigenvalue weighted by Gasteiger charge is 2.21. The Morgan fingerprint density at radius 3 is 2.55 bits per heavy atom. The fourth-order valence-corrected chi connectivity index (χ4v) is 2.36. The van der Waals surface area contributed by atoms with E-state index in [2.05, 4.69) is 5.32 Å². The molecular formula is C13H18IN3O3. The molecule has 1 N–H and O–H groups in total. The van der Waals surface area contributed by atoms with E-state index in [9.17, 15) is 14.9 Å². The second-order valence-electron chi connectivity index (χ2n) is 4.30. The Kier molecular flexibility index (Phi) is 6.18. The molecule has 0 aliphatic rings. The third-order valence-corrected chi connectivity index (χ3v) is 3.65. The molecule has 0 saturated carbocycles. The highest BCUT2D eigenvalue weighted by atomic mass is 127. The molecule has 0 heterocycles. The quantitative estimate of drug-likeness (QED) is 0.460. The molecule has 6 nitrogen and oxygen atoms in total. The Bertz CT molecular complexity index is 504. The van der Waals surface area contributed by atoms with Crippen molar-refractivity contribution in [1.29, 1.82) is 0 Å². The van der Waals surface area contributed by atoms with E-state index in [0.29, 0.717) is 18.8 Å². The fraction of sp³-hybridized carbons (Fsp3) is 0.462. The molecule has 1 aromatic rings. The topological polar surface area (TPSA) is 75.5 Å². The molecule has 0 saturated heterocycles. The van der Waals surface area contributed by atoms with Gasteiger partial charge in [0.15, 0.2) is 0 Å². The van der Waals surface area contributed by atoms with E-state index in [1.54, 1.807) is 24.0 Å². The van der Waals surface area contributed by atoms with Crippen LogP contribution in [-0.2, 0) is 4.79 Å². The monoisotopic (exact) mass is 391 g/mol. The second-order valence-corrected chi connectivity index (χ2v) is 5.54. The van der Waals surface area contributed by atoms with Crippen molar-refractivity contribution in [3.63, 3.8) is 0 Å². The zero-order valence-corrected chi connectivity index (χ0v) is 13.9. The number of rotatable bonds is 6. The largest absolute Gasteiger partial charge is 0.368 e. The van der Waals surface area contributed by atoms with Gasteiger partial charge in [0.25, 0.3) is 5.69 Å². The second kappa shape index (κ2) is 7.41. The van der Waals surface area contributed by atoms with Crippen LogP contribution in [0.1, 0.15) is 20.8 Å². The highest BCUT2D eigenvalue weighted by Crippen LogP contribution is 2.27. The molecule has 0 spiro atoms. The molecule has 0 aliphatic carbocycles. The first-order valence-corrected chi connectivity index (χ1v) is 7.47. The van der Waals surface area contributed by atoms with E-state index < -0.39 is 11.0 Å². The summed E-state index contributed by atoms with van der Waals surface area (Å²) in [4.78, 5) is 24.4. The number of carbonyl (C=O) groups excluding carboxylic acids is 1. The SMILES string of the molecule is CCN(CC)C(=O)C(C)Nc1ccc(I)cc1[N+](=O)[O-]. The first-order chi connectivity index (χ1) is 9.40. The van der Waals surface area contributed by atoms with Crippen LogP contribution < -0.4 is 5.32 Å². The van der Waals surface area contributed by atoms with Crippen molar-refractivity contribution in [1.82, 2.24) is 4.90 Å². The molecule has 0 fully saturated rings. The molecule has 1 rings (SSSR count). The number of nitrogens with zero attached hydrogens (tertiary/aromatic N) is 2. The van der Waals surface area contributed by atoms with Gasteiger partial charge in [-0.05, 0) is 55.5 Å². The molecular weight excluding hydrogens is 373 g/mol. The summed E-state index contributed by atoms with van der Waals surface area (Å²) in [5.41, 5.74) is 0.347. The number of hydrogen-bond acceptors (Lipinski definition) is 4. The van der Waals surface area contributed by atoms with Crippen molar-refractivity contribution >= 4 is 39.9 Å². The van der Waals surface area contributed by atoms with Crippen molar-refractivity contribution in [2.24, 2.45) is 0 Å². The number of hydrogen-bond donors (Lipinski definition) is 1. The number of carbonyl (C=O) groups is 1. The van der Waals surface area contributed by atoms with E-state index in [0.717, 1.165) is 3.57 Å². The van der Waals surface area contributed by atoms with Gasteiger partial charge in [-0.2, -0.15) is 0 Å². The third kappa shape index (κ3) is 4.06. The van der Waals surface area contributed by atoms with Gasteiger partial charge in [0.05, 0.1) is 4.92 Å². The summed E-state index contributed by atoms with van der Waals surface area (Å²) in [6.07, 6.45) is 0. The molecule has 0 aromatic heterocycles. The number of anilines is 1.